The van der Waals surface area contributed by atoms with Crippen molar-refractivity contribution in [3.63, 3.8) is 0 Å². The third-order valence-corrected chi connectivity index (χ3v) is 10.6. The molecule has 0 aliphatic carbocycles. The standard InChI is InChI=1S/C23H22FN3O.C20H16FN3O.C3H7I/c1-2-11-26-12-10-22-25-21-16-18(7-6-17-4-3-5-19(24)15-17)8-9-20(21)23(28)27(22)14-13-26;21-16-3-1-2-14(12-16)4-5-15-6-7-17-18(13-15)23-19-8-9-22-10-11-24(19)20(17)25;1-2-3-4/h3-5,8-9,15-16H,2,10-14H2,1H3;1-3,6-7,12-13,22H,8-11H2;2-3H2,1H3. The van der Waals surface area contributed by atoms with Gasteiger partial charge in [-0.2, -0.15) is 0 Å². The van der Waals surface area contributed by atoms with Gasteiger partial charge in [-0.25, -0.2) is 18.7 Å². The molecule has 11 heteroatoms. The van der Waals surface area contributed by atoms with Crippen molar-refractivity contribution in [3.05, 3.63) is 151 Å². The van der Waals surface area contributed by atoms with E-state index in [1.54, 1.807) is 47.0 Å². The van der Waals surface area contributed by atoms with Gasteiger partial charge < -0.3 is 10.2 Å². The second-order valence-corrected chi connectivity index (χ2v) is 14.8. The van der Waals surface area contributed by atoms with E-state index in [9.17, 15) is 18.4 Å². The van der Waals surface area contributed by atoms with E-state index in [1.807, 2.05) is 22.8 Å². The van der Waals surface area contributed by atoms with Crippen LogP contribution < -0.4 is 16.4 Å². The number of hydrogen-bond donors (Lipinski definition) is 1. The topological polar surface area (TPSA) is 85.1 Å². The van der Waals surface area contributed by atoms with Crippen LogP contribution in [-0.4, -0.2) is 61.2 Å². The lowest BCUT2D eigenvalue weighted by molar-refractivity contribution is 0.280. The van der Waals surface area contributed by atoms with E-state index in [-0.39, 0.29) is 22.8 Å². The van der Waals surface area contributed by atoms with E-state index in [2.05, 4.69) is 75.3 Å². The van der Waals surface area contributed by atoms with Crippen molar-refractivity contribution in [2.45, 2.75) is 52.6 Å². The Morgan fingerprint density at radius 1 is 0.632 bits per heavy atom. The summed E-state index contributed by atoms with van der Waals surface area (Å²) >= 11 is 2.35. The van der Waals surface area contributed by atoms with E-state index in [0.29, 0.717) is 46.0 Å². The number of alkyl halides is 1. The van der Waals surface area contributed by atoms with Gasteiger partial charge in [0.15, 0.2) is 0 Å². The highest BCUT2D eigenvalue weighted by molar-refractivity contribution is 14.1. The molecule has 0 atom stereocenters. The van der Waals surface area contributed by atoms with Gasteiger partial charge in [0.2, 0.25) is 0 Å². The normalized spacial score (nSPS) is 13.5. The lowest BCUT2D eigenvalue weighted by Gasteiger charge is -2.17. The summed E-state index contributed by atoms with van der Waals surface area (Å²) in [7, 11) is 0. The van der Waals surface area contributed by atoms with Crippen LogP contribution in [0.4, 0.5) is 8.78 Å². The maximum Gasteiger partial charge on any atom is 0.261 e. The first-order valence-electron chi connectivity index (χ1n) is 19.4. The highest BCUT2D eigenvalue weighted by Gasteiger charge is 2.17. The number of benzene rings is 4. The van der Waals surface area contributed by atoms with Gasteiger partial charge in [0.05, 0.1) is 21.8 Å². The summed E-state index contributed by atoms with van der Waals surface area (Å²) in [5.41, 5.74) is 4.08. The first kappa shape index (κ1) is 41.4. The number of halogens is 3. The predicted molar refractivity (Wildman–Crippen MR) is 233 cm³/mol. The molecule has 0 saturated heterocycles. The van der Waals surface area contributed by atoms with Crippen LogP contribution in [0.1, 0.15) is 60.6 Å². The molecule has 0 bridgehead atoms. The molecule has 4 aromatic carbocycles. The van der Waals surface area contributed by atoms with Crippen LogP contribution in [0.15, 0.2) is 94.5 Å². The molecule has 57 heavy (non-hydrogen) atoms. The van der Waals surface area contributed by atoms with Crippen molar-refractivity contribution in [2.75, 3.05) is 37.2 Å². The van der Waals surface area contributed by atoms with Crippen molar-refractivity contribution in [1.82, 2.24) is 29.3 Å². The maximum atomic E-state index is 13.3. The lowest BCUT2D eigenvalue weighted by atomic mass is 10.1. The van der Waals surface area contributed by atoms with Crippen LogP contribution in [0.5, 0.6) is 0 Å². The van der Waals surface area contributed by atoms with E-state index >= 15 is 0 Å². The Morgan fingerprint density at radius 2 is 1.14 bits per heavy atom. The summed E-state index contributed by atoms with van der Waals surface area (Å²) in [6.45, 7) is 10.1. The van der Waals surface area contributed by atoms with Gasteiger partial charge in [0.1, 0.15) is 23.3 Å². The summed E-state index contributed by atoms with van der Waals surface area (Å²) < 4.78 is 31.4. The maximum absolute atomic E-state index is 13.3. The largest absolute Gasteiger partial charge is 0.315 e. The first-order chi connectivity index (χ1) is 27.8. The molecule has 292 valence electrons. The molecule has 6 aromatic rings. The molecule has 0 radical (unpaired) electrons. The monoisotopic (exact) mass is 878 g/mol. The minimum Gasteiger partial charge on any atom is -0.315 e. The molecule has 2 aromatic heterocycles. The Balaban J connectivity index is 0.000000177. The van der Waals surface area contributed by atoms with Gasteiger partial charge in [-0.15, -0.1) is 0 Å². The Kier molecular flexibility index (Phi) is 14.7. The first-order valence-corrected chi connectivity index (χ1v) is 20.9. The van der Waals surface area contributed by atoms with Gasteiger partial charge in [-0.1, -0.05) is 72.3 Å². The zero-order valence-corrected chi connectivity index (χ0v) is 34.4. The smallest absolute Gasteiger partial charge is 0.261 e. The fourth-order valence-electron chi connectivity index (χ4n) is 6.62. The minimum absolute atomic E-state index is 0.00617. The summed E-state index contributed by atoms with van der Waals surface area (Å²) in [4.78, 5) is 37.4. The van der Waals surface area contributed by atoms with Crippen LogP contribution in [0, 0.1) is 35.3 Å². The van der Waals surface area contributed by atoms with Crippen molar-refractivity contribution in [1.29, 1.82) is 0 Å². The Bertz CT molecular complexity index is 2620. The zero-order chi connectivity index (χ0) is 40.1. The fourth-order valence-corrected chi connectivity index (χ4v) is 6.62. The van der Waals surface area contributed by atoms with Crippen molar-refractivity contribution < 1.29 is 8.78 Å². The molecule has 8 rings (SSSR count). The molecule has 0 saturated carbocycles. The molecule has 0 unspecified atom stereocenters. The van der Waals surface area contributed by atoms with E-state index in [0.717, 1.165) is 74.8 Å². The molecular weight excluding hydrogens is 833 g/mol. The second kappa shape index (κ2) is 20.3. The van der Waals surface area contributed by atoms with E-state index < -0.39 is 0 Å². The molecule has 0 amide bonds. The van der Waals surface area contributed by atoms with E-state index in [4.69, 9.17) is 4.98 Å². The number of hydrogen-bond acceptors (Lipinski definition) is 6. The van der Waals surface area contributed by atoms with E-state index in [1.165, 1.54) is 35.1 Å². The van der Waals surface area contributed by atoms with Gasteiger partial charge in [0, 0.05) is 74.4 Å². The second-order valence-electron chi connectivity index (χ2n) is 13.7. The molecule has 4 heterocycles. The average Bonchev–Trinajstić information content (AvgIpc) is 3.59. The molecule has 1 N–H and O–H groups in total. The third-order valence-electron chi connectivity index (χ3n) is 9.48. The van der Waals surface area contributed by atoms with Crippen molar-refractivity contribution in [3.8, 4) is 23.7 Å². The zero-order valence-electron chi connectivity index (χ0n) is 32.3. The van der Waals surface area contributed by atoms with Crippen molar-refractivity contribution in [2.24, 2.45) is 0 Å². The number of aromatic nitrogens is 4. The van der Waals surface area contributed by atoms with Crippen LogP contribution in [-0.2, 0) is 25.9 Å². The van der Waals surface area contributed by atoms with Gasteiger partial charge in [-0.3, -0.25) is 18.7 Å². The minimum atomic E-state index is -0.309. The van der Waals surface area contributed by atoms with Crippen LogP contribution in [0.25, 0.3) is 21.8 Å². The molecule has 0 fully saturated rings. The predicted octanol–water partition coefficient (Wildman–Crippen LogP) is 7.12. The molecule has 0 spiro atoms. The SMILES string of the molecule is CCCI.CCCN1CCc2nc3cc(C#Cc4cccc(F)c4)ccc3c(=O)n2CC1.O=c1c2ccc(C#Cc3cccc(F)c3)cc2nc2n1CCNCC2. The quantitative estimate of drug-likeness (QED) is 0.116. The van der Waals surface area contributed by atoms with Crippen LogP contribution in [0.2, 0.25) is 0 Å². The van der Waals surface area contributed by atoms with Crippen LogP contribution >= 0.6 is 22.6 Å². The summed E-state index contributed by atoms with van der Waals surface area (Å²) in [6, 6.07) is 23.2. The van der Waals surface area contributed by atoms with Crippen molar-refractivity contribution >= 4 is 44.4 Å². The Hall–Kier alpha value is -5.21. The lowest BCUT2D eigenvalue weighted by Crippen LogP contribution is -2.29. The number of nitrogens with one attached hydrogen (secondary N) is 1. The summed E-state index contributed by atoms with van der Waals surface area (Å²) in [6.07, 6.45) is 3.91. The summed E-state index contributed by atoms with van der Waals surface area (Å²) in [5.74, 6) is 13.0. The average molecular weight is 879 g/mol. The number of fused-ring (bicyclic) bond motifs is 4. The van der Waals surface area contributed by atoms with Crippen LogP contribution in [0.3, 0.4) is 0 Å². The Morgan fingerprint density at radius 3 is 1.65 bits per heavy atom. The third kappa shape index (κ3) is 11.0. The molecular formula is C46H45F2IN6O2. The molecule has 2 aliphatic heterocycles. The highest BCUT2D eigenvalue weighted by atomic mass is 127. The summed E-state index contributed by atoms with van der Waals surface area (Å²) in [5, 5.41) is 4.49. The van der Waals surface area contributed by atoms with Gasteiger partial charge in [0.25, 0.3) is 11.1 Å². The fraction of sp³-hybridized carbons (Fsp3) is 0.304. The molecule has 8 nitrogen and oxygen atoms in total. The number of rotatable bonds is 3. The Labute approximate surface area is 345 Å². The molecule has 2 aliphatic rings. The highest BCUT2D eigenvalue weighted by Crippen LogP contribution is 2.15. The van der Waals surface area contributed by atoms with Gasteiger partial charge >= 0.3 is 0 Å². The van der Waals surface area contributed by atoms with Gasteiger partial charge in [-0.05, 0) is 96.6 Å². The number of nitrogens with zero attached hydrogens (tertiary/aromatic N) is 5.